The number of aryl methyl sites for hydroxylation is 2. The third-order valence-corrected chi connectivity index (χ3v) is 5.67. The van der Waals surface area contributed by atoms with E-state index in [-0.39, 0.29) is 5.91 Å². The number of nitrogens with zero attached hydrogens (tertiary/aromatic N) is 1. The Morgan fingerprint density at radius 1 is 1.11 bits per heavy atom. The molecule has 0 bridgehead atoms. The van der Waals surface area contributed by atoms with Crippen molar-refractivity contribution in [3.8, 4) is 0 Å². The molecule has 2 aromatic heterocycles. The number of hydrogen-bond acceptors (Lipinski definition) is 3. The quantitative estimate of drug-likeness (QED) is 0.389. The predicted octanol–water partition coefficient (Wildman–Crippen LogP) is 6.61. The number of halogens is 1. The van der Waals surface area contributed by atoms with Crippen LogP contribution in [0.1, 0.15) is 26.6 Å². The SMILES string of the molecule is Cc1ccc(N(Cc2cccs2)C(=O)c2oc3ccc(Cl)cc3c2C)cc1. The molecule has 27 heavy (non-hydrogen) atoms. The van der Waals surface area contributed by atoms with Gasteiger partial charge >= 0.3 is 0 Å². The van der Waals surface area contributed by atoms with Crippen LogP contribution in [0.4, 0.5) is 5.69 Å². The van der Waals surface area contributed by atoms with Crippen LogP contribution < -0.4 is 4.90 Å². The average molecular weight is 396 g/mol. The van der Waals surface area contributed by atoms with Gasteiger partial charge in [0.25, 0.3) is 5.91 Å². The van der Waals surface area contributed by atoms with Crippen molar-refractivity contribution < 1.29 is 9.21 Å². The highest BCUT2D eigenvalue weighted by atomic mass is 35.5. The third-order valence-electron chi connectivity index (χ3n) is 4.58. The van der Waals surface area contributed by atoms with Crippen LogP contribution >= 0.6 is 22.9 Å². The predicted molar refractivity (Wildman–Crippen MR) is 112 cm³/mol. The molecule has 0 unspecified atom stereocenters. The van der Waals surface area contributed by atoms with E-state index in [0.717, 1.165) is 27.1 Å². The monoisotopic (exact) mass is 395 g/mol. The van der Waals surface area contributed by atoms with Crippen LogP contribution in [0.3, 0.4) is 0 Å². The minimum atomic E-state index is -0.155. The maximum atomic E-state index is 13.4. The lowest BCUT2D eigenvalue weighted by Gasteiger charge is -2.22. The molecule has 136 valence electrons. The fraction of sp³-hybridized carbons (Fsp3) is 0.136. The number of amides is 1. The van der Waals surface area contributed by atoms with Crippen LogP contribution in [0.2, 0.25) is 5.02 Å². The first-order chi connectivity index (χ1) is 13.0. The molecule has 4 rings (SSSR count). The van der Waals surface area contributed by atoms with Crippen molar-refractivity contribution >= 4 is 45.5 Å². The van der Waals surface area contributed by atoms with Crippen LogP contribution in [0.25, 0.3) is 11.0 Å². The second-order valence-electron chi connectivity index (χ2n) is 6.50. The molecule has 0 N–H and O–H groups in total. The molecule has 2 aromatic carbocycles. The molecule has 0 aliphatic rings. The highest BCUT2D eigenvalue weighted by molar-refractivity contribution is 7.09. The fourth-order valence-corrected chi connectivity index (χ4v) is 3.95. The third kappa shape index (κ3) is 3.51. The number of benzene rings is 2. The Kier molecular flexibility index (Phi) is 4.77. The lowest BCUT2D eigenvalue weighted by molar-refractivity contribution is 0.0960. The number of carbonyl (C=O) groups excluding carboxylic acids is 1. The van der Waals surface area contributed by atoms with Crippen molar-refractivity contribution in [1.82, 2.24) is 0 Å². The summed E-state index contributed by atoms with van der Waals surface area (Å²) < 4.78 is 5.91. The largest absolute Gasteiger partial charge is 0.451 e. The normalized spacial score (nSPS) is 11.1. The minimum Gasteiger partial charge on any atom is -0.451 e. The van der Waals surface area contributed by atoms with E-state index in [4.69, 9.17) is 16.0 Å². The van der Waals surface area contributed by atoms with Gasteiger partial charge in [0.1, 0.15) is 5.58 Å². The van der Waals surface area contributed by atoms with Crippen molar-refractivity contribution in [2.75, 3.05) is 4.90 Å². The van der Waals surface area contributed by atoms with E-state index >= 15 is 0 Å². The molecule has 0 radical (unpaired) electrons. The summed E-state index contributed by atoms with van der Waals surface area (Å²) >= 11 is 7.74. The first kappa shape index (κ1) is 17.8. The number of anilines is 1. The Morgan fingerprint density at radius 2 is 1.89 bits per heavy atom. The fourth-order valence-electron chi connectivity index (χ4n) is 3.08. The van der Waals surface area contributed by atoms with Gasteiger partial charge in [0.2, 0.25) is 0 Å². The second-order valence-corrected chi connectivity index (χ2v) is 7.97. The summed E-state index contributed by atoms with van der Waals surface area (Å²) in [6, 6.07) is 17.4. The topological polar surface area (TPSA) is 33.5 Å². The van der Waals surface area contributed by atoms with E-state index in [0.29, 0.717) is 22.9 Å². The molecule has 0 fully saturated rings. The van der Waals surface area contributed by atoms with Crippen molar-refractivity contribution in [1.29, 1.82) is 0 Å². The van der Waals surface area contributed by atoms with Gasteiger partial charge in [0.05, 0.1) is 6.54 Å². The molecule has 0 saturated carbocycles. The van der Waals surface area contributed by atoms with Crippen molar-refractivity contribution in [2.24, 2.45) is 0 Å². The highest BCUT2D eigenvalue weighted by Gasteiger charge is 2.25. The van der Waals surface area contributed by atoms with Crippen LogP contribution in [0.5, 0.6) is 0 Å². The van der Waals surface area contributed by atoms with E-state index in [1.807, 2.05) is 61.7 Å². The number of fused-ring (bicyclic) bond motifs is 1. The van der Waals surface area contributed by atoms with Gasteiger partial charge in [-0.25, -0.2) is 0 Å². The molecular weight excluding hydrogens is 378 g/mol. The molecule has 4 aromatic rings. The lowest BCUT2D eigenvalue weighted by atomic mass is 10.1. The zero-order valence-electron chi connectivity index (χ0n) is 15.0. The van der Waals surface area contributed by atoms with E-state index in [1.54, 1.807) is 28.4 Å². The van der Waals surface area contributed by atoms with E-state index in [9.17, 15) is 4.79 Å². The zero-order valence-corrected chi connectivity index (χ0v) is 16.6. The number of furan rings is 1. The van der Waals surface area contributed by atoms with Gasteiger partial charge in [-0.2, -0.15) is 0 Å². The average Bonchev–Trinajstić information content (AvgIpc) is 3.28. The van der Waals surface area contributed by atoms with Gasteiger partial charge in [0.15, 0.2) is 5.76 Å². The maximum Gasteiger partial charge on any atom is 0.294 e. The van der Waals surface area contributed by atoms with E-state index in [1.165, 1.54) is 0 Å². The Hall–Kier alpha value is -2.56. The first-order valence-corrected chi connectivity index (χ1v) is 9.88. The lowest BCUT2D eigenvalue weighted by Crippen LogP contribution is -2.30. The number of rotatable bonds is 4. The summed E-state index contributed by atoms with van der Waals surface area (Å²) in [5.74, 6) is 0.196. The second kappa shape index (κ2) is 7.22. The van der Waals surface area contributed by atoms with Gasteiger partial charge in [-0.3, -0.25) is 4.79 Å². The highest BCUT2D eigenvalue weighted by Crippen LogP contribution is 2.30. The summed E-state index contributed by atoms with van der Waals surface area (Å²) in [4.78, 5) is 16.3. The van der Waals surface area contributed by atoms with Gasteiger partial charge in [-0.15, -0.1) is 11.3 Å². The number of thiophene rings is 1. The molecule has 2 heterocycles. The molecule has 3 nitrogen and oxygen atoms in total. The smallest absolute Gasteiger partial charge is 0.294 e. The standard InChI is InChI=1S/C22H18ClNO2S/c1-14-5-8-17(9-6-14)24(13-18-4-3-11-27-18)22(25)21-15(2)19-12-16(23)7-10-20(19)26-21/h3-12H,13H2,1-2H3. The first-order valence-electron chi connectivity index (χ1n) is 8.62. The molecule has 0 atom stereocenters. The summed E-state index contributed by atoms with van der Waals surface area (Å²) in [6.45, 7) is 4.42. The maximum absolute atomic E-state index is 13.4. The molecule has 0 aliphatic heterocycles. The van der Waals surface area contributed by atoms with Crippen molar-refractivity contribution in [2.45, 2.75) is 20.4 Å². The van der Waals surface area contributed by atoms with Gasteiger partial charge in [-0.05, 0) is 55.6 Å². The van der Waals surface area contributed by atoms with Crippen molar-refractivity contribution in [3.05, 3.63) is 86.8 Å². The molecule has 0 spiro atoms. The van der Waals surface area contributed by atoms with E-state index < -0.39 is 0 Å². The van der Waals surface area contributed by atoms with Crippen LogP contribution in [0, 0.1) is 13.8 Å². The Balaban J connectivity index is 1.78. The molecule has 0 saturated heterocycles. The van der Waals surface area contributed by atoms with Gasteiger partial charge in [-0.1, -0.05) is 35.4 Å². The summed E-state index contributed by atoms with van der Waals surface area (Å²) in [5.41, 5.74) is 3.47. The van der Waals surface area contributed by atoms with Crippen LogP contribution in [-0.4, -0.2) is 5.91 Å². The van der Waals surface area contributed by atoms with Crippen molar-refractivity contribution in [3.63, 3.8) is 0 Å². The Morgan fingerprint density at radius 3 is 2.59 bits per heavy atom. The molecule has 5 heteroatoms. The van der Waals surface area contributed by atoms with Gasteiger partial charge in [0, 0.05) is 26.5 Å². The number of hydrogen-bond donors (Lipinski definition) is 0. The van der Waals surface area contributed by atoms with Gasteiger partial charge < -0.3 is 9.32 Å². The molecular formula is C22H18ClNO2S. The Labute approximate surface area is 166 Å². The van der Waals surface area contributed by atoms with E-state index in [2.05, 4.69) is 0 Å². The summed E-state index contributed by atoms with van der Waals surface area (Å²) in [5, 5.41) is 3.51. The van der Waals surface area contributed by atoms with Crippen LogP contribution in [0.15, 0.2) is 64.4 Å². The molecule has 0 aliphatic carbocycles. The van der Waals surface area contributed by atoms with Crippen LogP contribution in [-0.2, 0) is 6.54 Å². The zero-order chi connectivity index (χ0) is 19.0. The Bertz CT molecular complexity index is 1100. The molecule has 1 amide bonds. The summed E-state index contributed by atoms with van der Waals surface area (Å²) in [6.07, 6.45) is 0. The minimum absolute atomic E-state index is 0.155. The summed E-state index contributed by atoms with van der Waals surface area (Å²) in [7, 11) is 0. The number of carbonyl (C=O) groups is 1.